The fourth-order valence-electron chi connectivity index (χ4n) is 4.57. The van der Waals surface area contributed by atoms with E-state index >= 15 is 0 Å². The van der Waals surface area contributed by atoms with Crippen LogP contribution in [0.1, 0.15) is 89.8 Å². The van der Waals surface area contributed by atoms with Gasteiger partial charge in [0.05, 0.1) is 5.76 Å². The molecule has 1 N–H and O–H groups in total. The number of carbonyl (C=O) groups excluding carboxylic acids is 1. The van der Waals surface area contributed by atoms with Crippen LogP contribution in [0, 0.1) is 31.7 Å². The molecule has 0 aliphatic rings. The Bertz CT molecular complexity index is 1150. The Morgan fingerprint density at radius 1 is 0.946 bits per heavy atom. The molecular formula is C33H44IrNO2-. The van der Waals surface area contributed by atoms with Crippen LogP contribution >= 0.6 is 0 Å². The molecule has 0 saturated heterocycles. The molecule has 0 aliphatic heterocycles. The van der Waals surface area contributed by atoms with Crippen molar-refractivity contribution >= 4 is 16.6 Å². The summed E-state index contributed by atoms with van der Waals surface area (Å²) < 4.78 is 0. The van der Waals surface area contributed by atoms with Gasteiger partial charge in [-0.3, -0.25) is 4.79 Å². The number of pyridine rings is 1. The number of rotatable bonds is 9. The van der Waals surface area contributed by atoms with Crippen LogP contribution in [0.15, 0.2) is 54.4 Å². The van der Waals surface area contributed by atoms with Crippen LogP contribution in [0.3, 0.4) is 0 Å². The number of hydrogen-bond acceptors (Lipinski definition) is 3. The molecule has 0 aliphatic carbocycles. The second-order valence-electron chi connectivity index (χ2n) is 10.0. The van der Waals surface area contributed by atoms with Crippen LogP contribution in [0.2, 0.25) is 0 Å². The molecule has 3 aromatic rings. The number of carbonyl (C=O) groups is 1. The Balaban J connectivity index is 0.000000384. The van der Waals surface area contributed by atoms with Gasteiger partial charge in [0.2, 0.25) is 0 Å². The maximum absolute atomic E-state index is 11.7. The van der Waals surface area contributed by atoms with Crippen LogP contribution in [0.4, 0.5) is 0 Å². The average molecular weight is 679 g/mol. The van der Waals surface area contributed by atoms with E-state index in [4.69, 9.17) is 0 Å². The summed E-state index contributed by atoms with van der Waals surface area (Å²) in [4.78, 5) is 16.3. The van der Waals surface area contributed by atoms with E-state index in [1.54, 1.807) is 0 Å². The Labute approximate surface area is 238 Å². The third kappa shape index (κ3) is 9.20. The Hall–Kier alpha value is -2.29. The van der Waals surface area contributed by atoms with Crippen molar-refractivity contribution in [2.45, 2.75) is 87.0 Å². The van der Waals surface area contributed by atoms with Crippen LogP contribution in [-0.4, -0.2) is 15.9 Å². The molecule has 3 rings (SSSR count). The fourth-order valence-corrected chi connectivity index (χ4v) is 4.57. The number of hydrogen-bond donors (Lipinski definition) is 1. The second kappa shape index (κ2) is 15.8. The maximum atomic E-state index is 11.7. The number of aryl methyl sites for hydroxylation is 2. The van der Waals surface area contributed by atoms with Crippen molar-refractivity contribution in [3.8, 4) is 11.3 Å². The topological polar surface area (TPSA) is 50.2 Å². The van der Waals surface area contributed by atoms with Crippen LogP contribution in [0.25, 0.3) is 22.0 Å². The van der Waals surface area contributed by atoms with Gasteiger partial charge in [0, 0.05) is 44.2 Å². The molecule has 0 bridgehead atoms. The van der Waals surface area contributed by atoms with E-state index in [0.29, 0.717) is 5.92 Å². The zero-order chi connectivity index (χ0) is 26.8. The zero-order valence-corrected chi connectivity index (χ0v) is 26.2. The summed E-state index contributed by atoms with van der Waals surface area (Å²) in [6.45, 7) is 16.7. The van der Waals surface area contributed by atoms with Crippen molar-refractivity contribution in [3.05, 3.63) is 77.2 Å². The number of allylic oxidation sites excluding steroid dienone is 2. The van der Waals surface area contributed by atoms with E-state index in [2.05, 4.69) is 75.1 Å². The van der Waals surface area contributed by atoms with Gasteiger partial charge in [0.1, 0.15) is 0 Å². The van der Waals surface area contributed by atoms with Crippen molar-refractivity contribution in [1.29, 1.82) is 0 Å². The minimum Gasteiger partial charge on any atom is -0.512 e. The molecule has 0 atom stereocenters. The number of ketones is 1. The molecule has 2 aromatic carbocycles. The molecule has 1 heterocycles. The molecular weight excluding hydrogens is 635 g/mol. The van der Waals surface area contributed by atoms with Gasteiger partial charge in [-0.25, -0.2) is 0 Å². The first-order valence-corrected chi connectivity index (χ1v) is 13.5. The Morgan fingerprint density at radius 2 is 1.57 bits per heavy atom. The van der Waals surface area contributed by atoms with Gasteiger partial charge in [-0.15, -0.1) is 34.9 Å². The van der Waals surface area contributed by atoms with Crippen molar-refractivity contribution in [2.24, 2.45) is 11.8 Å². The minimum atomic E-state index is 0. The summed E-state index contributed by atoms with van der Waals surface area (Å²) in [5, 5.41) is 12.2. The number of fused-ring (bicyclic) bond motifs is 1. The van der Waals surface area contributed by atoms with Gasteiger partial charge >= 0.3 is 0 Å². The number of aliphatic hydroxyl groups is 1. The van der Waals surface area contributed by atoms with Crippen LogP contribution < -0.4 is 0 Å². The SMILES string of the molecule is CCC(CC)C(=O)C=C(O)C(CC)CC.Cc1[c-]c(-c2nccc3cc(C(C)C)ccc23)cc(C)c1.[Ir]. The van der Waals surface area contributed by atoms with E-state index < -0.39 is 0 Å². The molecule has 0 amide bonds. The van der Waals surface area contributed by atoms with Crippen molar-refractivity contribution in [3.63, 3.8) is 0 Å². The van der Waals surface area contributed by atoms with E-state index in [1.807, 2.05) is 33.9 Å². The normalized spacial score (nSPS) is 11.5. The first-order valence-electron chi connectivity index (χ1n) is 13.5. The van der Waals surface area contributed by atoms with Gasteiger partial charge < -0.3 is 10.1 Å². The van der Waals surface area contributed by atoms with Gasteiger partial charge in [-0.1, -0.05) is 73.6 Å². The Morgan fingerprint density at radius 3 is 2.11 bits per heavy atom. The van der Waals surface area contributed by atoms with Crippen molar-refractivity contribution in [1.82, 2.24) is 4.98 Å². The third-order valence-corrected chi connectivity index (χ3v) is 6.94. The molecule has 0 fully saturated rings. The van der Waals surface area contributed by atoms with Gasteiger partial charge in [0.25, 0.3) is 0 Å². The summed E-state index contributed by atoms with van der Waals surface area (Å²) >= 11 is 0. The van der Waals surface area contributed by atoms with Gasteiger partial charge in [-0.2, -0.15) is 0 Å². The van der Waals surface area contributed by atoms with Crippen LogP contribution in [0.5, 0.6) is 0 Å². The number of nitrogens with zero attached hydrogens (tertiary/aromatic N) is 1. The minimum absolute atomic E-state index is 0. The molecule has 1 aromatic heterocycles. The molecule has 0 unspecified atom stereocenters. The molecule has 3 nitrogen and oxygen atoms in total. The average Bonchev–Trinajstić information content (AvgIpc) is 2.84. The number of benzene rings is 2. The number of aromatic nitrogens is 1. The first kappa shape index (κ1) is 32.7. The molecule has 0 spiro atoms. The standard InChI is InChI=1S/C20H20N.C13H24O2.Ir/c1-13(2)16-5-6-19-17(12-16)7-8-21-20(19)18-10-14(3)9-15(4)11-18;1-5-10(6-2)12(14)9-13(15)11(7-3)8-4;/h5-10,12-13H,1-4H3;9-11,14H,5-8H2,1-4H3;/q-1;;. The zero-order valence-electron chi connectivity index (χ0n) is 23.8. The smallest absolute Gasteiger partial charge is 0.162 e. The van der Waals surface area contributed by atoms with Crippen molar-refractivity contribution < 1.29 is 30.0 Å². The summed E-state index contributed by atoms with van der Waals surface area (Å²) in [6.07, 6.45) is 6.80. The number of aliphatic hydroxyl groups excluding tert-OH is 1. The third-order valence-electron chi connectivity index (χ3n) is 6.94. The summed E-state index contributed by atoms with van der Waals surface area (Å²) in [7, 11) is 0. The first-order chi connectivity index (χ1) is 17.1. The molecule has 37 heavy (non-hydrogen) atoms. The second-order valence-corrected chi connectivity index (χ2v) is 10.0. The molecule has 203 valence electrons. The van der Waals surface area contributed by atoms with E-state index in [9.17, 15) is 9.90 Å². The summed E-state index contributed by atoms with van der Waals surface area (Å²) in [5.41, 5.74) is 5.87. The monoisotopic (exact) mass is 679 g/mol. The summed E-state index contributed by atoms with van der Waals surface area (Å²) in [6, 6.07) is 16.5. The Kier molecular flexibility index (Phi) is 14.0. The molecule has 0 saturated carbocycles. The summed E-state index contributed by atoms with van der Waals surface area (Å²) in [5.74, 6) is 1.09. The van der Waals surface area contributed by atoms with Crippen LogP contribution in [-0.2, 0) is 24.9 Å². The molecule has 4 heteroatoms. The molecule has 1 radical (unpaired) electrons. The maximum Gasteiger partial charge on any atom is 0.162 e. The fraction of sp³-hybridized carbons (Fsp3) is 0.455. The predicted octanol–water partition coefficient (Wildman–Crippen LogP) is 9.31. The van der Waals surface area contributed by atoms with E-state index in [0.717, 1.165) is 42.5 Å². The quantitative estimate of drug-likeness (QED) is 0.139. The van der Waals surface area contributed by atoms with Crippen molar-refractivity contribution in [2.75, 3.05) is 0 Å². The largest absolute Gasteiger partial charge is 0.512 e. The van der Waals surface area contributed by atoms with E-state index in [-0.39, 0.29) is 43.5 Å². The van der Waals surface area contributed by atoms with E-state index in [1.165, 1.54) is 28.0 Å². The predicted molar refractivity (Wildman–Crippen MR) is 153 cm³/mol. The van der Waals surface area contributed by atoms with Gasteiger partial charge in [-0.05, 0) is 59.7 Å². The van der Waals surface area contributed by atoms with Gasteiger partial charge in [0.15, 0.2) is 5.78 Å².